The van der Waals surface area contributed by atoms with Gasteiger partial charge >= 0.3 is 6.09 Å². The summed E-state index contributed by atoms with van der Waals surface area (Å²) >= 11 is 0. The summed E-state index contributed by atoms with van der Waals surface area (Å²) in [5, 5.41) is 2.78. The topological polar surface area (TPSA) is 41.6 Å². The fourth-order valence-corrected chi connectivity index (χ4v) is 1.81. The third-order valence-corrected chi connectivity index (χ3v) is 2.52. The Bertz CT molecular complexity index is 223. The number of rotatable bonds is 4. The van der Waals surface area contributed by atoms with Crippen LogP contribution in [0.5, 0.6) is 0 Å². The molecule has 1 fully saturated rings. The number of amides is 1. The van der Waals surface area contributed by atoms with Crippen LogP contribution in [0.4, 0.5) is 4.79 Å². The number of hydrogen-bond donors (Lipinski definition) is 1. The van der Waals surface area contributed by atoms with Crippen LogP contribution < -0.4 is 5.32 Å². The lowest BCUT2D eigenvalue weighted by molar-refractivity contribution is 0.0526. The van der Waals surface area contributed by atoms with Gasteiger partial charge in [0.1, 0.15) is 5.60 Å². The molecule has 1 aliphatic heterocycles. The third-order valence-electron chi connectivity index (χ3n) is 2.52. The predicted octanol–water partition coefficient (Wildman–Crippen LogP) is 2.62. The second-order valence-corrected chi connectivity index (χ2v) is 5.33. The highest BCUT2D eigenvalue weighted by molar-refractivity contribution is 14.0. The van der Waals surface area contributed by atoms with E-state index in [1.165, 1.54) is 25.9 Å². The van der Waals surface area contributed by atoms with E-state index >= 15 is 0 Å². The largest absolute Gasteiger partial charge is 0.444 e. The van der Waals surface area contributed by atoms with Crippen molar-refractivity contribution in [2.24, 2.45) is 0 Å². The Labute approximate surface area is 121 Å². The van der Waals surface area contributed by atoms with E-state index in [-0.39, 0.29) is 30.1 Å². The summed E-state index contributed by atoms with van der Waals surface area (Å²) in [6, 6.07) is 0. The number of hydrogen-bond acceptors (Lipinski definition) is 3. The van der Waals surface area contributed by atoms with Gasteiger partial charge in [0.05, 0.1) is 0 Å². The molecule has 1 rings (SSSR count). The molecule has 0 unspecified atom stereocenters. The Morgan fingerprint density at radius 2 is 1.88 bits per heavy atom. The van der Waals surface area contributed by atoms with Crippen molar-refractivity contribution < 1.29 is 9.53 Å². The van der Waals surface area contributed by atoms with Crippen molar-refractivity contribution in [1.82, 2.24) is 10.2 Å². The summed E-state index contributed by atoms with van der Waals surface area (Å²) in [6.07, 6.45) is 3.33. The van der Waals surface area contributed by atoms with Gasteiger partial charge in [-0.25, -0.2) is 4.79 Å². The predicted molar refractivity (Wildman–Crippen MR) is 79.9 cm³/mol. The molecule has 0 aromatic carbocycles. The lowest BCUT2D eigenvalue weighted by Gasteiger charge is -2.20. The Hall–Kier alpha value is -0.0400. The van der Waals surface area contributed by atoms with Gasteiger partial charge in [-0.3, -0.25) is 0 Å². The van der Waals surface area contributed by atoms with Crippen molar-refractivity contribution in [1.29, 1.82) is 0 Å². The molecule has 0 radical (unpaired) electrons. The average Bonchev–Trinajstić information content (AvgIpc) is 2.62. The number of likely N-dealkylation sites (tertiary alicyclic amines) is 1. The minimum absolute atomic E-state index is 0. The van der Waals surface area contributed by atoms with Crippen molar-refractivity contribution in [3.05, 3.63) is 0 Å². The van der Waals surface area contributed by atoms with Crippen LogP contribution in [0, 0.1) is 0 Å². The first-order valence-electron chi connectivity index (χ1n) is 6.16. The SMILES string of the molecule is CC(C)(C)OC(=O)NCCCN1CCCC1.I. The molecule has 1 aliphatic rings. The second-order valence-electron chi connectivity index (χ2n) is 5.33. The molecule has 0 aliphatic carbocycles. The minimum Gasteiger partial charge on any atom is -0.444 e. The molecule has 1 heterocycles. The van der Waals surface area contributed by atoms with Crippen molar-refractivity contribution in [2.75, 3.05) is 26.2 Å². The molecule has 0 spiro atoms. The molecule has 1 N–H and O–H groups in total. The van der Waals surface area contributed by atoms with E-state index in [1.807, 2.05) is 20.8 Å². The number of carbonyl (C=O) groups excluding carboxylic acids is 1. The fourth-order valence-electron chi connectivity index (χ4n) is 1.81. The Balaban J connectivity index is 0.00000256. The van der Waals surface area contributed by atoms with Gasteiger partial charge < -0.3 is 15.0 Å². The Kier molecular flexibility index (Phi) is 8.11. The average molecular weight is 356 g/mol. The number of ether oxygens (including phenoxy) is 1. The molecular weight excluding hydrogens is 331 g/mol. The number of nitrogens with one attached hydrogen (secondary N) is 1. The van der Waals surface area contributed by atoms with E-state index in [2.05, 4.69) is 10.2 Å². The van der Waals surface area contributed by atoms with E-state index < -0.39 is 5.60 Å². The zero-order valence-electron chi connectivity index (χ0n) is 11.1. The van der Waals surface area contributed by atoms with Gasteiger partial charge in [0.25, 0.3) is 0 Å². The summed E-state index contributed by atoms with van der Waals surface area (Å²) in [7, 11) is 0. The maximum atomic E-state index is 11.3. The summed E-state index contributed by atoms with van der Waals surface area (Å²) in [5.74, 6) is 0. The molecule has 17 heavy (non-hydrogen) atoms. The normalized spacial score (nSPS) is 16.4. The van der Waals surface area contributed by atoms with Crippen LogP contribution in [-0.4, -0.2) is 42.8 Å². The molecule has 1 saturated heterocycles. The van der Waals surface area contributed by atoms with Crippen LogP contribution in [0.1, 0.15) is 40.0 Å². The third kappa shape index (κ3) is 8.65. The van der Waals surface area contributed by atoms with Gasteiger partial charge in [0, 0.05) is 6.54 Å². The van der Waals surface area contributed by atoms with Crippen molar-refractivity contribution >= 4 is 30.1 Å². The van der Waals surface area contributed by atoms with Gasteiger partial charge in [0.2, 0.25) is 0 Å². The van der Waals surface area contributed by atoms with Crippen molar-refractivity contribution in [3.63, 3.8) is 0 Å². The van der Waals surface area contributed by atoms with E-state index in [4.69, 9.17) is 4.74 Å². The highest BCUT2D eigenvalue weighted by atomic mass is 127. The van der Waals surface area contributed by atoms with Crippen molar-refractivity contribution in [2.45, 2.75) is 45.6 Å². The summed E-state index contributed by atoms with van der Waals surface area (Å²) in [6.45, 7) is 9.82. The summed E-state index contributed by atoms with van der Waals surface area (Å²) in [4.78, 5) is 13.7. The lowest BCUT2D eigenvalue weighted by atomic mass is 10.2. The monoisotopic (exact) mass is 356 g/mol. The molecule has 1 amide bonds. The quantitative estimate of drug-likeness (QED) is 0.622. The maximum Gasteiger partial charge on any atom is 0.407 e. The van der Waals surface area contributed by atoms with Crippen LogP contribution in [0.3, 0.4) is 0 Å². The molecule has 0 atom stereocenters. The first-order valence-corrected chi connectivity index (χ1v) is 6.16. The van der Waals surface area contributed by atoms with Gasteiger partial charge in [-0.15, -0.1) is 24.0 Å². The molecular formula is C12H25IN2O2. The Morgan fingerprint density at radius 1 is 1.29 bits per heavy atom. The molecule has 0 aromatic rings. The number of carbonyl (C=O) groups is 1. The van der Waals surface area contributed by atoms with Crippen LogP contribution in [0.15, 0.2) is 0 Å². The van der Waals surface area contributed by atoms with Gasteiger partial charge in [-0.2, -0.15) is 0 Å². The molecule has 0 saturated carbocycles. The molecule has 0 bridgehead atoms. The van der Waals surface area contributed by atoms with E-state index in [1.54, 1.807) is 0 Å². The van der Waals surface area contributed by atoms with E-state index in [0.717, 1.165) is 13.0 Å². The fraction of sp³-hybridized carbons (Fsp3) is 0.917. The smallest absolute Gasteiger partial charge is 0.407 e. The first-order chi connectivity index (χ1) is 7.47. The second kappa shape index (κ2) is 8.13. The lowest BCUT2D eigenvalue weighted by Crippen LogP contribution is -2.34. The number of alkyl carbamates (subject to hydrolysis) is 1. The van der Waals surface area contributed by atoms with Crippen LogP contribution >= 0.6 is 24.0 Å². The van der Waals surface area contributed by atoms with Crippen LogP contribution in [0.2, 0.25) is 0 Å². The first kappa shape index (κ1) is 17.0. The van der Waals surface area contributed by atoms with Crippen LogP contribution in [0.25, 0.3) is 0 Å². The number of nitrogens with zero attached hydrogens (tertiary/aromatic N) is 1. The Morgan fingerprint density at radius 3 is 2.41 bits per heavy atom. The zero-order chi connectivity index (χ0) is 12.0. The zero-order valence-corrected chi connectivity index (χ0v) is 13.5. The number of halogens is 1. The van der Waals surface area contributed by atoms with E-state index in [0.29, 0.717) is 6.54 Å². The highest BCUT2D eigenvalue weighted by Gasteiger charge is 2.15. The maximum absolute atomic E-state index is 11.3. The van der Waals surface area contributed by atoms with Crippen molar-refractivity contribution in [3.8, 4) is 0 Å². The van der Waals surface area contributed by atoms with Crippen LogP contribution in [-0.2, 0) is 4.74 Å². The van der Waals surface area contributed by atoms with Gasteiger partial charge in [-0.05, 0) is 59.7 Å². The highest BCUT2D eigenvalue weighted by Crippen LogP contribution is 2.08. The van der Waals surface area contributed by atoms with E-state index in [9.17, 15) is 4.79 Å². The van der Waals surface area contributed by atoms with Gasteiger partial charge in [-0.1, -0.05) is 0 Å². The molecule has 5 heteroatoms. The van der Waals surface area contributed by atoms with Gasteiger partial charge in [0.15, 0.2) is 0 Å². The molecule has 4 nitrogen and oxygen atoms in total. The standard InChI is InChI=1S/C12H24N2O2.HI/c1-12(2,3)16-11(15)13-7-6-10-14-8-4-5-9-14;/h4-10H2,1-3H3,(H,13,15);1H. The summed E-state index contributed by atoms with van der Waals surface area (Å²) in [5.41, 5.74) is -0.404. The molecule has 102 valence electrons. The minimum atomic E-state index is -0.404. The molecule has 0 aromatic heterocycles. The summed E-state index contributed by atoms with van der Waals surface area (Å²) < 4.78 is 5.15.